The highest BCUT2D eigenvalue weighted by Crippen LogP contribution is 2.42. The van der Waals surface area contributed by atoms with E-state index < -0.39 is 23.8 Å². The van der Waals surface area contributed by atoms with Crippen LogP contribution in [0, 0.1) is 16.9 Å². The molecule has 54 heavy (non-hydrogen) atoms. The standard InChI is InChI=1S/C37H35BrCl2FN3O7.CH2O2/c1-49-32-8-7-23(15-33(32)50-2)24(16-25-28(39)18-43(48)19-29(25)40)35-26(36(45)46)13-21(14-27(35)38)17-44(31-6-4-3-5-30(31)41)37(47)51-34-20-42-11-9-22(34)10-12-42;2-1-3/h3-8,13-15,18-19,22,24,34H,9-12,16-17,20H2,1-2H3,(H,45,46);1H,(H,2,3)/t24-,34-;/m0./s1. The Labute approximate surface area is 329 Å². The molecule has 0 saturated carbocycles. The van der Waals surface area contributed by atoms with Crippen LogP contribution in [0.2, 0.25) is 10.0 Å². The van der Waals surface area contributed by atoms with Crippen molar-refractivity contribution in [3.63, 3.8) is 0 Å². The van der Waals surface area contributed by atoms with E-state index in [9.17, 15) is 19.9 Å². The number of ether oxygens (including phenoxy) is 3. The monoisotopic (exact) mass is 847 g/mol. The summed E-state index contributed by atoms with van der Waals surface area (Å²) in [6.45, 7) is 2.10. The maximum atomic E-state index is 15.3. The van der Waals surface area contributed by atoms with Crippen molar-refractivity contribution in [3.05, 3.63) is 120 Å². The van der Waals surface area contributed by atoms with Gasteiger partial charge in [-0.1, -0.05) is 57.3 Å². The van der Waals surface area contributed by atoms with Gasteiger partial charge in [-0.25, -0.2) is 14.0 Å². The highest BCUT2D eigenvalue weighted by molar-refractivity contribution is 9.10. The number of para-hydroxylation sites is 1. The second-order valence-electron chi connectivity index (χ2n) is 12.7. The lowest BCUT2D eigenvalue weighted by Gasteiger charge is -2.44. The zero-order valence-electron chi connectivity index (χ0n) is 29.2. The molecule has 2 N–H and O–H groups in total. The maximum absolute atomic E-state index is 15.3. The molecule has 12 nitrogen and oxygen atoms in total. The van der Waals surface area contributed by atoms with E-state index in [1.54, 1.807) is 30.3 Å². The third-order valence-corrected chi connectivity index (χ3v) is 10.9. The molecule has 1 aromatic heterocycles. The minimum Gasteiger partial charge on any atom is -0.619 e. The van der Waals surface area contributed by atoms with Crippen LogP contribution in [-0.4, -0.2) is 73.6 Å². The van der Waals surface area contributed by atoms with Crippen LogP contribution in [0.1, 0.15) is 51.4 Å². The van der Waals surface area contributed by atoms with Crippen molar-refractivity contribution in [1.29, 1.82) is 0 Å². The molecule has 3 aliphatic rings. The van der Waals surface area contributed by atoms with Gasteiger partial charge in [0.2, 0.25) is 0 Å². The summed E-state index contributed by atoms with van der Waals surface area (Å²) in [5.74, 6) is -1.45. The second-order valence-corrected chi connectivity index (χ2v) is 14.4. The first-order valence-electron chi connectivity index (χ1n) is 16.8. The zero-order valence-corrected chi connectivity index (χ0v) is 32.3. The van der Waals surface area contributed by atoms with Gasteiger partial charge in [-0.2, -0.15) is 4.73 Å². The fraction of sp³-hybridized carbons (Fsp3) is 0.316. The number of benzene rings is 3. The molecule has 2 bridgehead atoms. The molecule has 286 valence electrons. The SMILES string of the molecule is COc1ccc([C@H](Cc2c(Cl)c[n+]([O-])cc2Cl)c2c(Br)cc(CN(C(=O)O[C@H]3CN4CCC3CC4)c3ccccc3F)cc2C(=O)O)cc1OC.O=CO. The van der Waals surface area contributed by atoms with Crippen molar-refractivity contribution in [3.8, 4) is 11.5 Å². The molecule has 0 unspecified atom stereocenters. The lowest BCUT2D eigenvalue weighted by Crippen LogP contribution is -2.53. The zero-order chi connectivity index (χ0) is 39.1. The van der Waals surface area contributed by atoms with Crippen LogP contribution >= 0.6 is 39.1 Å². The predicted octanol–water partition coefficient (Wildman–Crippen LogP) is 7.56. The second kappa shape index (κ2) is 18.1. The first-order chi connectivity index (χ1) is 25.9. The van der Waals surface area contributed by atoms with Gasteiger partial charge in [0.05, 0.1) is 32.0 Å². The molecule has 0 radical (unpaired) electrons. The number of aromatic carboxylic acids is 1. The maximum Gasteiger partial charge on any atom is 0.415 e. The summed E-state index contributed by atoms with van der Waals surface area (Å²) in [6, 6.07) is 14.3. The van der Waals surface area contributed by atoms with E-state index in [1.807, 2.05) is 0 Å². The predicted molar refractivity (Wildman–Crippen MR) is 202 cm³/mol. The number of anilines is 1. The van der Waals surface area contributed by atoms with Gasteiger partial charge >= 0.3 is 12.1 Å². The van der Waals surface area contributed by atoms with Crippen LogP contribution in [0.3, 0.4) is 0 Å². The molecule has 3 saturated heterocycles. The van der Waals surface area contributed by atoms with Crippen molar-refractivity contribution >= 4 is 63.4 Å². The average molecular weight is 850 g/mol. The molecule has 0 spiro atoms. The topological polar surface area (TPSA) is 153 Å². The number of methoxy groups -OCH3 is 2. The van der Waals surface area contributed by atoms with Crippen molar-refractivity contribution in [2.45, 2.75) is 37.8 Å². The number of aromatic nitrogens is 1. The van der Waals surface area contributed by atoms with Crippen LogP contribution in [-0.2, 0) is 22.5 Å². The molecule has 7 rings (SSSR count). The number of fused-ring (bicyclic) bond motifs is 3. The lowest BCUT2D eigenvalue weighted by molar-refractivity contribution is -0.605. The highest BCUT2D eigenvalue weighted by Gasteiger charge is 2.38. The first-order valence-corrected chi connectivity index (χ1v) is 18.3. The summed E-state index contributed by atoms with van der Waals surface area (Å²) in [6.07, 6.45) is 3.25. The van der Waals surface area contributed by atoms with E-state index in [-0.39, 0.29) is 52.8 Å². The van der Waals surface area contributed by atoms with Gasteiger partial charge in [0, 0.05) is 22.5 Å². The van der Waals surface area contributed by atoms with Gasteiger partial charge in [-0.15, -0.1) is 0 Å². The molecular weight excluding hydrogens is 812 g/mol. The Bertz CT molecular complexity index is 1990. The summed E-state index contributed by atoms with van der Waals surface area (Å²) < 4.78 is 33.2. The highest BCUT2D eigenvalue weighted by atomic mass is 79.9. The van der Waals surface area contributed by atoms with E-state index >= 15 is 4.39 Å². The normalized spacial score (nSPS) is 17.8. The van der Waals surface area contributed by atoms with Crippen molar-refractivity contribution in [2.24, 2.45) is 5.92 Å². The number of carboxylic acid groups (broad SMARTS) is 2. The molecule has 3 aromatic carbocycles. The van der Waals surface area contributed by atoms with Gasteiger partial charge in [-0.05, 0) is 91.4 Å². The van der Waals surface area contributed by atoms with Gasteiger partial charge in [0.15, 0.2) is 23.9 Å². The van der Waals surface area contributed by atoms with E-state index in [4.69, 9.17) is 47.3 Å². The van der Waals surface area contributed by atoms with Gasteiger partial charge < -0.3 is 29.6 Å². The number of amides is 1. The molecule has 0 aliphatic carbocycles. The number of carboxylic acids is 1. The summed E-state index contributed by atoms with van der Waals surface area (Å²) in [7, 11) is 3.00. The average Bonchev–Trinajstić information content (AvgIpc) is 3.14. The van der Waals surface area contributed by atoms with E-state index in [0.29, 0.717) is 49.5 Å². The summed E-state index contributed by atoms with van der Waals surface area (Å²) >= 11 is 16.7. The number of carbonyl (C=O) groups is 3. The van der Waals surface area contributed by atoms with Crippen LogP contribution in [0.25, 0.3) is 0 Å². The summed E-state index contributed by atoms with van der Waals surface area (Å²) in [5, 5.41) is 29.8. The number of nitrogens with zero attached hydrogens (tertiary/aromatic N) is 3. The van der Waals surface area contributed by atoms with Crippen LogP contribution in [0.4, 0.5) is 14.9 Å². The van der Waals surface area contributed by atoms with Crippen molar-refractivity contribution in [2.75, 3.05) is 38.8 Å². The molecule has 3 aliphatic heterocycles. The summed E-state index contributed by atoms with van der Waals surface area (Å²) in [4.78, 5) is 38.7. The number of pyridine rings is 1. The van der Waals surface area contributed by atoms with Crippen molar-refractivity contribution < 1.29 is 47.9 Å². The summed E-state index contributed by atoms with van der Waals surface area (Å²) in [5.41, 5.74) is 1.78. The molecule has 2 atom stereocenters. The van der Waals surface area contributed by atoms with E-state index in [1.165, 1.54) is 55.8 Å². The molecule has 4 aromatic rings. The van der Waals surface area contributed by atoms with Gasteiger partial charge in [-0.3, -0.25) is 14.6 Å². The number of hydrogen-bond donors (Lipinski definition) is 2. The first kappa shape index (κ1) is 40.6. The largest absolute Gasteiger partial charge is 0.619 e. The quantitative estimate of drug-likeness (QED) is 0.0879. The number of halogens is 4. The Morgan fingerprint density at radius 2 is 1.72 bits per heavy atom. The third-order valence-electron chi connectivity index (χ3n) is 9.60. The number of hydrogen-bond acceptors (Lipinski definition) is 8. The minimum absolute atomic E-state index is 0.00743. The Morgan fingerprint density at radius 1 is 1.07 bits per heavy atom. The molecular formula is C38H37BrCl2FN3O9. The molecule has 1 amide bonds. The lowest BCUT2D eigenvalue weighted by atomic mass is 9.83. The van der Waals surface area contributed by atoms with Crippen LogP contribution in [0.5, 0.6) is 11.5 Å². The Hall–Kier alpha value is -4.63. The fourth-order valence-electron chi connectivity index (χ4n) is 7.02. The number of carbonyl (C=O) groups excluding carboxylic acids is 1. The van der Waals surface area contributed by atoms with E-state index in [2.05, 4.69) is 20.8 Å². The smallest absolute Gasteiger partial charge is 0.415 e. The minimum atomic E-state index is -1.24. The Kier molecular flexibility index (Phi) is 13.6. The molecule has 16 heteroatoms. The third kappa shape index (κ3) is 9.17. The van der Waals surface area contributed by atoms with Gasteiger partial charge in [0.1, 0.15) is 22.0 Å². The molecule has 3 fully saturated rings. The van der Waals surface area contributed by atoms with Crippen LogP contribution in [0.15, 0.2) is 71.5 Å². The fourth-order valence-corrected chi connectivity index (χ4v) is 8.40. The molecule has 4 heterocycles. The van der Waals surface area contributed by atoms with Crippen LogP contribution < -0.4 is 19.1 Å². The van der Waals surface area contributed by atoms with Gasteiger partial charge in [0.25, 0.3) is 6.47 Å². The Morgan fingerprint density at radius 3 is 2.30 bits per heavy atom. The number of rotatable bonds is 11. The van der Waals surface area contributed by atoms with E-state index in [0.717, 1.165) is 25.9 Å². The van der Waals surface area contributed by atoms with Crippen molar-refractivity contribution in [1.82, 2.24) is 4.90 Å². The number of piperidine rings is 3. The Balaban J connectivity index is 0.00000181.